The van der Waals surface area contributed by atoms with Crippen molar-refractivity contribution in [1.82, 2.24) is 4.90 Å². The summed E-state index contributed by atoms with van der Waals surface area (Å²) >= 11 is 0. The Hall–Kier alpha value is -2.31. The molecule has 0 atom stereocenters. The van der Waals surface area contributed by atoms with E-state index in [-0.39, 0.29) is 36.1 Å². The Morgan fingerprint density at radius 2 is 2.00 bits per heavy atom. The Balaban J connectivity index is 2.90. The van der Waals surface area contributed by atoms with Crippen LogP contribution >= 0.6 is 0 Å². The fourth-order valence-electron chi connectivity index (χ4n) is 1.39. The van der Waals surface area contributed by atoms with Crippen molar-refractivity contribution in [1.29, 1.82) is 0 Å². The van der Waals surface area contributed by atoms with Gasteiger partial charge in [0.15, 0.2) is 12.4 Å². The van der Waals surface area contributed by atoms with Gasteiger partial charge in [0.1, 0.15) is 5.75 Å². The minimum absolute atomic E-state index is 0.0420. The standard InChI is InChI=1S/C14H19FN2O4/c1-4-5-20-14(19)10-6-9(7-11(15)13(10)16)21-8-12(18)17(2)3/h6-7H,4-5,8,16H2,1-3H3. The van der Waals surface area contributed by atoms with Gasteiger partial charge in [-0.3, -0.25) is 4.79 Å². The number of nitrogens with zero attached hydrogens (tertiary/aromatic N) is 1. The Kier molecular flexibility index (Phi) is 5.95. The number of ether oxygens (including phenoxy) is 2. The molecule has 0 heterocycles. The molecule has 1 aromatic rings. The van der Waals surface area contributed by atoms with E-state index in [1.807, 2.05) is 6.92 Å². The number of rotatable bonds is 6. The van der Waals surface area contributed by atoms with Gasteiger partial charge in [0.25, 0.3) is 5.91 Å². The summed E-state index contributed by atoms with van der Waals surface area (Å²) in [4.78, 5) is 24.5. The molecule has 21 heavy (non-hydrogen) atoms. The number of nitrogen functional groups attached to an aromatic ring is 1. The van der Waals surface area contributed by atoms with Gasteiger partial charge >= 0.3 is 5.97 Å². The van der Waals surface area contributed by atoms with Gasteiger partial charge in [0.2, 0.25) is 0 Å². The first-order valence-electron chi connectivity index (χ1n) is 6.45. The summed E-state index contributed by atoms with van der Waals surface area (Å²) in [5, 5.41) is 0. The molecule has 0 saturated carbocycles. The number of benzene rings is 1. The molecule has 0 aliphatic carbocycles. The Morgan fingerprint density at radius 1 is 1.33 bits per heavy atom. The van der Waals surface area contributed by atoms with E-state index in [9.17, 15) is 14.0 Å². The van der Waals surface area contributed by atoms with E-state index in [2.05, 4.69) is 0 Å². The fraction of sp³-hybridized carbons (Fsp3) is 0.429. The number of carbonyl (C=O) groups is 2. The number of hydrogen-bond acceptors (Lipinski definition) is 5. The SMILES string of the molecule is CCCOC(=O)c1cc(OCC(=O)N(C)C)cc(F)c1N. The number of amides is 1. The largest absolute Gasteiger partial charge is 0.484 e. The van der Waals surface area contributed by atoms with Gasteiger partial charge in [0, 0.05) is 20.2 Å². The summed E-state index contributed by atoms with van der Waals surface area (Å²) in [5.41, 5.74) is 5.10. The molecule has 6 nitrogen and oxygen atoms in total. The minimum Gasteiger partial charge on any atom is -0.484 e. The lowest BCUT2D eigenvalue weighted by molar-refractivity contribution is -0.130. The van der Waals surface area contributed by atoms with Crippen molar-refractivity contribution in [2.45, 2.75) is 13.3 Å². The Labute approximate surface area is 122 Å². The fourth-order valence-corrected chi connectivity index (χ4v) is 1.39. The number of halogens is 1. The molecule has 1 amide bonds. The first-order chi connectivity index (χ1) is 9.86. The van der Waals surface area contributed by atoms with Crippen LogP contribution in [-0.2, 0) is 9.53 Å². The van der Waals surface area contributed by atoms with Gasteiger partial charge in [-0.1, -0.05) is 6.92 Å². The molecule has 0 aliphatic rings. The van der Waals surface area contributed by atoms with Gasteiger partial charge in [-0.05, 0) is 12.5 Å². The Bertz CT molecular complexity index is 532. The number of nitrogens with two attached hydrogens (primary N) is 1. The maximum atomic E-state index is 13.7. The average Bonchev–Trinajstić information content (AvgIpc) is 2.45. The molecule has 0 unspecified atom stereocenters. The van der Waals surface area contributed by atoms with Crippen LogP contribution in [0.25, 0.3) is 0 Å². The van der Waals surface area contributed by atoms with Gasteiger partial charge in [-0.15, -0.1) is 0 Å². The molecule has 2 N–H and O–H groups in total. The molecule has 0 fully saturated rings. The van der Waals surface area contributed by atoms with Gasteiger partial charge in [0.05, 0.1) is 17.9 Å². The van der Waals surface area contributed by atoms with E-state index in [4.69, 9.17) is 15.2 Å². The highest BCUT2D eigenvalue weighted by Gasteiger charge is 2.17. The van der Waals surface area contributed by atoms with Crippen LogP contribution in [0.3, 0.4) is 0 Å². The van der Waals surface area contributed by atoms with Crippen molar-refractivity contribution in [3.8, 4) is 5.75 Å². The van der Waals surface area contributed by atoms with Crippen molar-refractivity contribution in [3.05, 3.63) is 23.5 Å². The third kappa shape index (κ3) is 4.62. The number of esters is 1. The zero-order valence-electron chi connectivity index (χ0n) is 12.3. The minimum atomic E-state index is -0.798. The maximum absolute atomic E-state index is 13.7. The van der Waals surface area contributed by atoms with Gasteiger partial charge < -0.3 is 20.1 Å². The highest BCUT2D eigenvalue weighted by Crippen LogP contribution is 2.24. The second kappa shape index (κ2) is 7.47. The van der Waals surface area contributed by atoms with Crippen LogP contribution in [0.2, 0.25) is 0 Å². The molecule has 0 bridgehead atoms. The summed E-state index contributed by atoms with van der Waals surface area (Å²) in [6.07, 6.45) is 0.641. The molecule has 0 spiro atoms. The molecular weight excluding hydrogens is 279 g/mol. The van der Waals surface area contributed by atoms with Crippen LogP contribution in [0.4, 0.5) is 10.1 Å². The lowest BCUT2D eigenvalue weighted by Crippen LogP contribution is -2.27. The third-order valence-corrected chi connectivity index (χ3v) is 2.62. The molecule has 0 saturated heterocycles. The van der Waals surface area contributed by atoms with Crippen LogP contribution in [0.15, 0.2) is 12.1 Å². The molecule has 0 aliphatic heterocycles. The van der Waals surface area contributed by atoms with E-state index in [0.29, 0.717) is 6.42 Å². The Morgan fingerprint density at radius 3 is 2.57 bits per heavy atom. The lowest BCUT2D eigenvalue weighted by Gasteiger charge is -2.13. The van der Waals surface area contributed by atoms with Crippen molar-refractivity contribution in [3.63, 3.8) is 0 Å². The second-order valence-electron chi connectivity index (χ2n) is 4.58. The smallest absolute Gasteiger partial charge is 0.340 e. The summed E-state index contributed by atoms with van der Waals surface area (Å²) in [6, 6.07) is 2.29. The topological polar surface area (TPSA) is 81.9 Å². The summed E-state index contributed by atoms with van der Waals surface area (Å²) in [7, 11) is 3.14. The molecule has 0 radical (unpaired) electrons. The second-order valence-corrected chi connectivity index (χ2v) is 4.58. The number of anilines is 1. The molecular formula is C14H19FN2O4. The van der Waals surface area contributed by atoms with Gasteiger partial charge in [-0.25, -0.2) is 9.18 Å². The highest BCUT2D eigenvalue weighted by atomic mass is 19.1. The molecule has 0 aromatic heterocycles. The number of carbonyl (C=O) groups excluding carboxylic acids is 2. The van der Waals surface area contributed by atoms with E-state index in [0.717, 1.165) is 6.07 Å². The van der Waals surface area contributed by atoms with Crippen molar-refractivity contribution < 1.29 is 23.5 Å². The predicted molar refractivity (Wildman–Crippen MR) is 75.6 cm³/mol. The van der Waals surface area contributed by atoms with E-state index in [1.165, 1.54) is 11.0 Å². The van der Waals surface area contributed by atoms with Crippen molar-refractivity contribution in [2.24, 2.45) is 0 Å². The number of likely N-dealkylation sites (N-methyl/N-ethyl adjacent to an activating group) is 1. The zero-order valence-corrected chi connectivity index (χ0v) is 12.3. The van der Waals surface area contributed by atoms with Gasteiger partial charge in [-0.2, -0.15) is 0 Å². The van der Waals surface area contributed by atoms with Crippen LogP contribution in [-0.4, -0.2) is 44.1 Å². The summed E-state index contributed by atoms with van der Waals surface area (Å²) in [6.45, 7) is 1.79. The summed E-state index contributed by atoms with van der Waals surface area (Å²) in [5.74, 6) is -1.77. The summed E-state index contributed by atoms with van der Waals surface area (Å²) < 4.78 is 23.8. The molecule has 7 heteroatoms. The third-order valence-electron chi connectivity index (χ3n) is 2.62. The van der Waals surface area contributed by atoms with E-state index in [1.54, 1.807) is 14.1 Å². The molecule has 1 rings (SSSR count). The number of hydrogen-bond donors (Lipinski definition) is 1. The van der Waals surface area contributed by atoms with Crippen molar-refractivity contribution >= 4 is 17.6 Å². The molecule has 1 aromatic carbocycles. The zero-order chi connectivity index (χ0) is 16.0. The first kappa shape index (κ1) is 16.7. The lowest BCUT2D eigenvalue weighted by atomic mass is 10.1. The average molecular weight is 298 g/mol. The quantitative estimate of drug-likeness (QED) is 0.635. The van der Waals surface area contributed by atoms with Crippen molar-refractivity contribution in [2.75, 3.05) is 33.0 Å². The van der Waals surface area contributed by atoms with Crippen LogP contribution in [0.1, 0.15) is 23.7 Å². The van der Waals surface area contributed by atoms with Crippen LogP contribution < -0.4 is 10.5 Å². The first-order valence-corrected chi connectivity index (χ1v) is 6.45. The molecule has 116 valence electrons. The highest BCUT2D eigenvalue weighted by molar-refractivity contribution is 5.95. The van der Waals surface area contributed by atoms with Crippen LogP contribution in [0, 0.1) is 5.82 Å². The monoisotopic (exact) mass is 298 g/mol. The van der Waals surface area contributed by atoms with Crippen LogP contribution in [0.5, 0.6) is 5.75 Å². The normalized spacial score (nSPS) is 10.1. The van der Waals surface area contributed by atoms with E-state index >= 15 is 0 Å². The van der Waals surface area contributed by atoms with E-state index < -0.39 is 11.8 Å². The maximum Gasteiger partial charge on any atom is 0.340 e. The predicted octanol–water partition coefficient (Wildman–Crippen LogP) is 1.44.